The SMILES string of the molecule is CCC(c1ccccc1)C(Cl)c1cc(C)c(F)c(C)c1. The van der Waals surface area contributed by atoms with Crippen LogP contribution in [0.5, 0.6) is 0 Å². The molecule has 0 bridgehead atoms. The molecule has 0 aliphatic heterocycles. The average molecular weight is 291 g/mol. The van der Waals surface area contributed by atoms with Gasteiger partial charge in [-0.1, -0.05) is 49.4 Å². The van der Waals surface area contributed by atoms with E-state index in [2.05, 4.69) is 19.1 Å². The maximum absolute atomic E-state index is 13.7. The van der Waals surface area contributed by atoms with Gasteiger partial charge in [0.1, 0.15) is 5.82 Å². The molecule has 0 aliphatic rings. The summed E-state index contributed by atoms with van der Waals surface area (Å²) >= 11 is 6.68. The molecule has 0 aromatic heterocycles. The molecule has 2 rings (SSSR count). The number of hydrogen-bond donors (Lipinski definition) is 0. The van der Waals surface area contributed by atoms with Crippen molar-refractivity contribution in [3.8, 4) is 0 Å². The van der Waals surface area contributed by atoms with Crippen molar-refractivity contribution in [2.24, 2.45) is 0 Å². The summed E-state index contributed by atoms with van der Waals surface area (Å²) in [7, 11) is 0. The first-order chi connectivity index (χ1) is 9.54. The molecule has 0 nitrogen and oxygen atoms in total. The Bertz CT molecular complexity index is 554. The highest BCUT2D eigenvalue weighted by Crippen LogP contribution is 2.39. The molecule has 0 saturated heterocycles. The van der Waals surface area contributed by atoms with E-state index in [1.165, 1.54) is 5.56 Å². The van der Waals surface area contributed by atoms with E-state index in [4.69, 9.17) is 11.6 Å². The lowest BCUT2D eigenvalue weighted by atomic mass is 9.88. The highest BCUT2D eigenvalue weighted by Gasteiger charge is 2.22. The highest BCUT2D eigenvalue weighted by molar-refractivity contribution is 6.21. The van der Waals surface area contributed by atoms with Gasteiger partial charge in [-0.3, -0.25) is 0 Å². The molecule has 0 fully saturated rings. The number of rotatable bonds is 4. The summed E-state index contributed by atoms with van der Waals surface area (Å²) in [6.07, 6.45) is 0.952. The van der Waals surface area contributed by atoms with Crippen LogP contribution in [0.4, 0.5) is 4.39 Å². The Balaban J connectivity index is 2.36. The molecular formula is C18H20ClF. The standard InChI is InChI=1S/C18H20ClF/c1-4-16(14-8-6-5-7-9-14)17(19)15-10-12(2)18(20)13(3)11-15/h5-11,16-17H,4H2,1-3H3. The van der Waals surface area contributed by atoms with E-state index in [-0.39, 0.29) is 17.1 Å². The van der Waals surface area contributed by atoms with Gasteiger partial charge in [0.25, 0.3) is 0 Å². The predicted octanol–water partition coefficient (Wildman–Crippen LogP) is 5.92. The first kappa shape index (κ1) is 15.1. The summed E-state index contributed by atoms with van der Waals surface area (Å²) in [4.78, 5) is 0. The minimum absolute atomic E-state index is 0.134. The average Bonchev–Trinajstić information content (AvgIpc) is 2.46. The molecule has 0 spiro atoms. The summed E-state index contributed by atoms with van der Waals surface area (Å²) in [5.41, 5.74) is 3.55. The van der Waals surface area contributed by atoms with E-state index in [1.807, 2.05) is 30.3 Å². The Morgan fingerprint density at radius 1 is 1.00 bits per heavy atom. The fourth-order valence-corrected chi connectivity index (χ4v) is 3.13. The van der Waals surface area contributed by atoms with E-state index in [0.29, 0.717) is 11.1 Å². The van der Waals surface area contributed by atoms with Gasteiger partial charge in [0, 0.05) is 5.92 Å². The third kappa shape index (κ3) is 3.04. The Morgan fingerprint density at radius 2 is 1.55 bits per heavy atom. The Hall–Kier alpha value is -1.34. The summed E-state index contributed by atoms with van der Waals surface area (Å²) < 4.78 is 13.7. The zero-order chi connectivity index (χ0) is 14.7. The maximum atomic E-state index is 13.7. The minimum Gasteiger partial charge on any atom is -0.206 e. The highest BCUT2D eigenvalue weighted by atomic mass is 35.5. The lowest BCUT2D eigenvalue weighted by molar-refractivity contribution is 0.602. The van der Waals surface area contributed by atoms with Crippen LogP contribution < -0.4 is 0 Å². The normalized spacial score (nSPS) is 14.1. The molecule has 20 heavy (non-hydrogen) atoms. The molecule has 0 heterocycles. The molecule has 0 saturated carbocycles. The monoisotopic (exact) mass is 290 g/mol. The van der Waals surface area contributed by atoms with Gasteiger partial charge in [0.05, 0.1) is 5.38 Å². The van der Waals surface area contributed by atoms with E-state index >= 15 is 0 Å². The second-order valence-electron chi connectivity index (χ2n) is 5.30. The van der Waals surface area contributed by atoms with Crippen LogP contribution in [0.1, 0.15) is 46.9 Å². The first-order valence-electron chi connectivity index (χ1n) is 7.00. The van der Waals surface area contributed by atoms with Crippen LogP contribution in [-0.4, -0.2) is 0 Å². The molecule has 0 amide bonds. The number of aryl methyl sites for hydroxylation is 2. The van der Waals surface area contributed by atoms with E-state index in [9.17, 15) is 4.39 Å². The summed E-state index contributed by atoms with van der Waals surface area (Å²) in [5, 5.41) is -0.139. The molecule has 0 aliphatic carbocycles. The molecule has 2 heteroatoms. The van der Waals surface area contributed by atoms with Gasteiger partial charge in [-0.25, -0.2) is 4.39 Å². The maximum Gasteiger partial charge on any atom is 0.129 e. The lowest BCUT2D eigenvalue weighted by Crippen LogP contribution is -2.07. The predicted molar refractivity (Wildman–Crippen MR) is 83.9 cm³/mol. The quantitative estimate of drug-likeness (QED) is 0.613. The molecule has 0 N–H and O–H groups in total. The van der Waals surface area contributed by atoms with Crippen molar-refractivity contribution in [2.45, 2.75) is 38.5 Å². The fourth-order valence-electron chi connectivity index (χ4n) is 2.68. The van der Waals surface area contributed by atoms with Crippen LogP contribution in [0.15, 0.2) is 42.5 Å². The van der Waals surface area contributed by atoms with Crippen LogP contribution in [0.2, 0.25) is 0 Å². The smallest absolute Gasteiger partial charge is 0.129 e. The zero-order valence-corrected chi connectivity index (χ0v) is 12.9. The van der Waals surface area contributed by atoms with E-state index in [1.54, 1.807) is 13.8 Å². The minimum atomic E-state index is -0.139. The van der Waals surface area contributed by atoms with E-state index in [0.717, 1.165) is 12.0 Å². The number of benzene rings is 2. The third-order valence-corrected chi connectivity index (χ3v) is 4.35. The molecular weight excluding hydrogens is 271 g/mol. The Kier molecular flexibility index (Phi) is 4.82. The van der Waals surface area contributed by atoms with Crippen molar-refractivity contribution < 1.29 is 4.39 Å². The lowest BCUT2D eigenvalue weighted by Gasteiger charge is -2.22. The van der Waals surface area contributed by atoms with Crippen molar-refractivity contribution in [2.75, 3.05) is 0 Å². The van der Waals surface area contributed by atoms with Crippen molar-refractivity contribution in [1.29, 1.82) is 0 Å². The van der Waals surface area contributed by atoms with Crippen LogP contribution in [0, 0.1) is 19.7 Å². The van der Waals surface area contributed by atoms with Gasteiger partial charge in [-0.15, -0.1) is 11.6 Å². The van der Waals surface area contributed by atoms with Crippen molar-refractivity contribution in [3.05, 3.63) is 70.5 Å². The van der Waals surface area contributed by atoms with Gasteiger partial charge in [0.2, 0.25) is 0 Å². The van der Waals surface area contributed by atoms with E-state index < -0.39 is 0 Å². The Morgan fingerprint density at radius 3 is 2.05 bits per heavy atom. The van der Waals surface area contributed by atoms with Crippen molar-refractivity contribution in [3.63, 3.8) is 0 Å². The number of hydrogen-bond acceptors (Lipinski definition) is 0. The summed E-state index contributed by atoms with van der Waals surface area (Å²) in [6.45, 7) is 5.72. The van der Waals surface area contributed by atoms with Gasteiger partial charge >= 0.3 is 0 Å². The second-order valence-corrected chi connectivity index (χ2v) is 5.77. The van der Waals surface area contributed by atoms with Crippen molar-refractivity contribution >= 4 is 11.6 Å². The zero-order valence-electron chi connectivity index (χ0n) is 12.2. The molecule has 106 valence electrons. The number of alkyl halides is 1. The molecule has 2 unspecified atom stereocenters. The van der Waals surface area contributed by atoms with Crippen LogP contribution in [0.3, 0.4) is 0 Å². The molecule has 2 atom stereocenters. The van der Waals surface area contributed by atoms with Gasteiger partial charge in [0.15, 0.2) is 0 Å². The van der Waals surface area contributed by atoms with Gasteiger partial charge < -0.3 is 0 Å². The van der Waals surface area contributed by atoms with Gasteiger partial charge in [-0.2, -0.15) is 0 Å². The van der Waals surface area contributed by atoms with Crippen LogP contribution in [0.25, 0.3) is 0 Å². The van der Waals surface area contributed by atoms with Crippen LogP contribution in [-0.2, 0) is 0 Å². The third-order valence-electron chi connectivity index (χ3n) is 3.80. The van der Waals surface area contributed by atoms with Crippen LogP contribution >= 0.6 is 11.6 Å². The topological polar surface area (TPSA) is 0 Å². The second kappa shape index (κ2) is 6.41. The largest absolute Gasteiger partial charge is 0.206 e. The Labute approximate surface area is 125 Å². The van der Waals surface area contributed by atoms with Gasteiger partial charge in [-0.05, 0) is 42.5 Å². The number of halogens is 2. The fraction of sp³-hybridized carbons (Fsp3) is 0.333. The summed E-state index contributed by atoms with van der Waals surface area (Å²) in [5.74, 6) is 0.104. The molecule has 0 radical (unpaired) electrons. The van der Waals surface area contributed by atoms with Crippen molar-refractivity contribution in [1.82, 2.24) is 0 Å². The first-order valence-corrected chi connectivity index (χ1v) is 7.44. The summed E-state index contributed by atoms with van der Waals surface area (Å²) in [6, 6.07) is 14.0. The molecule has 2 aromatic carbocycles. The molecule has 2 aromatic rings.